The van der Waals surface area contributed by atoms with Crippen LogP contribution in [0.25, 0.3) is 0 Å². The third-order valence-corrected chi connectivity index (χ3v) is 4.12. The second-order valence-electron chi connectivity index (χ2n) is 6.13. The first-order chi connectivity index (χ1) is 13.5. The summed E-state index contributed by atoms with van der Waals surface area (Å²) in [4.78, 5) is 19.1. The number of rotatable bonds is 5. The number of ether oxygens (including phenoxy) is 1. The third-order valence-electron chi connectivity index (χ3n) is 4.12. The van der Waals surface area contributed by atoms with Gasteiger partial charge in [-0.3, -0.25) is 0 Å². The lowest BCUT2D eigenvalue weighted by Gasteiger charge is -2.32. The predicted octanol–water partition coefficient (Wildman–Crippen LogP) is 3.06. The molecule has 2 aromatic carbocycles. The molecule has 1 heterocycles. The van der Waals surface area contributed by atoms with E-state index in [1.807, 2.05) is 6.07 Å². The van der Waals surface area contributed by atoms with Gasteiger partial charge in [0.05, 0.1) is 0 Å². The maximum atomic E-state index is 12.9. The van der Waals surface area contributed by atoms with Crippen molar-refractivity contribution in [1.82, 2.24) is 5.32 Å². The van der Waals surface area contributed by atoms with E-state index in [0.29, 0.717) is 18.1 Å². The molecule has 1 aliphatic heterocycles. The predicted molar refractivity (Wildman–Crippen MR) is 102 cm³/mol. The minimum Gasteiger partial charge on any atom is -0.490 e. The van der Waals surface area contributed by atoms with Gasteiger partial charge in [-0.25, -0.2) is 14.0 Å². The molecule has 0 aliphatic carbocycles. The van der Waals surface area contributed by atoms with Crippen molar-refractivity contribution in [2.24, 2.45) is 0 Å². The quantitative estimate of drug-likeness (QED) is 0.683. The molecule has 148 valence electrons. The Hall–Kier alpha value is -3.19. The minimum atomic E-state index is -1.26. The molecular weight excluding hydrogens is 365 g/mol. The van der Waals surface area contributed by atoms with Crippen LogP contribution in [-0.2, 0) is 9.59 Å². The summed E-state index contributed by atoms with van der Waals surface area (Å²) in [5.74, 6) is -1.68. The number of hydrogen-bond donors (Lipinski definition) is 3. The summed E-state index contributed by atoms with van der Waals surface area (Å²) in [7, 11) is 0. The van der Waals surface area contributed by atoms with E-state index in [1.165, 1.54) is 17.7 Å². The van der Waals surface area contributed by atoms with Crippen molar-refractivity contribution >= 4 is 11.9 Å². The van der Waals surface area contributed by atoms with E-state index in [9.17, 15) is 14.0 Å². The highest BCUT2D eigenvalue weighted by molar-refractivity contribution is 5.89. The molecule has 3 rings (SSSR count). The average Bonchev–Trinajstić information content (AvgIpc) is 2.70. The molecule has 1 saturated heterocycles. The van der Waals surface area contributed by atoms with Crippen LogP contribution in [0.2, 0.25) is 0 Å². The SMILES string of the molecule is Fc1ccc(O[C@H]2CCNC[C@@H]2c2ccccc2)cc1.O=C(O)/C=C/C(=O)O. The van der Waals surface area contributed by atoms with Crippen LogP contribution in [0.5, 0.6) is 5.75 Å². The molecule has 0 aromatic heterocycles. The topological polar surface area (TPSA) is 95.9 Å². The van der Waals surface area contributed by atoms with E-state index < -0.39 is 11.9 Å². The third kappa shape index (κ3) is 7.20. The van der Waals surface area contributed by atoms with Gasteiger partial charge >= 0.3 is 11.9 Å². The zero-order valence-electron chi connectivity index (χ0n) is 15.1. The fraction of sp³-hybridized carbons (Fsp3) is 0.238. The van der Waals surface area contributed by atoms with Gasteiger partial charge in [0.2, 0.25) is 0 Å². The normalized spacial score (nSPS) is 18.8. The van der Waals surface area contributed by atoms with E-state index in [0.717, 1.165) is 25.3 Å². The zero-order chi connectivity index (χ0) is 20.4. The maximum absolute atomic E-state index is 12.9. The summed E-state index contributed by atoms with van der Waals surface area (Å²) < 4.78 is 19.0. The molecule has 2 aromatic rings. The molecule has 28 heavy (non-hydrogen) atoms. The summed E-state index contributed by atoms with van der Waals surface area (Å²) in [6.45, 7) is 1.87. The molecule has 0 amide bonds. The summed E-state index contributed by atoms with van der Waals surface area (Å²) in [5.41, 5.74) is 1.28. The van der Waals surface area contributed by atoms with Gasteiger partial charge in [0.1, 0.15) is 17.7 Å². The number of halogens is 1. The van der Waals surface area contributed by atoms with Gasteiger partial charge in [0.25, 0.3) is 0 Å². The number of hydrogen-bond acceptors (Lipinski definition) is 4. The van der Waals surface area contributed by atoms with E-state index in [-0.39, 0.29) is 11.9 Å². The Bertz CT molecular complexity index is 776. The fourth-order valence-electron chi connectivity index (χ4n) is 2.84. The summed E-state index contributed by atoms with van der Waals surface area (Å²) in [6, 6.07) is 16.7. The van der Waals surface area contributed by atoms with Crippen molar-refractivity contribution < 1.29 is 28.9 Å². The van der Waals surface area contributed by atoms with Crippen LogP contribution in [0.3, 0.4) is 0 Å². The number of carboxylic acids is 2. The highest BCUT2D eigenvalue weighted by atomic mass is 19.1. The monoisotopic (exact) mass is 387 g/mol. The van der Waals surface area contributed by atoms with Crippen molar-refractivity contribution in [3.05, 3.63) is 78.1 Å². The van der Waals surface area contributed by atoms with Crippen molar-refractivity contribution in [2.45, 2.75) is 18.4 Å². The number of carboxylic acid groups (broad SMARTS) is 2. The molecule has 0 radical (unpaired) electrons. The Morgan fingerprint density at radius 1 is 1.00 bits per heavy atom. The molecule has 0 saturated carbocycles. The van der Waals surface area contributed by atoms with Gasteiger partial charge in [0, 0.05) is 24.6 Å². The lowest BCUT2D eigenvalue weighted by Crippen LogP contribution is -2.41. The van der Waals surface area contributed by atoms with Crippen LogP contribution in [0.15, 0.2) is 66.7 Å². The highest BCUT2D eigenvalue weighted by Gasteiger charge is 2.27. The van der Waals surface area contributed by atoms with Crippen LogP contribution in [-0.4, -0.2) is 41.3 Å². The van der Waals surface area contributed by atoms with Gasteiger partial charge < -0.3 is 20.3 Å². The number of carbonyl (C=O) groups is 2. The lowest BCUT2D eigenvalue weighted by atomic mass is 9.89. The van der Waals surface area contributed by atoms with Crippen LogP contribution >= 0.6 is 0 Å². The molecular formula is C21H22FNO5. The molecule has 6 nitrogen and oxygen atoms in total. The Morgan fingerprint density at radius 2 is 1.61 bits per heavy atom. The van der Waals surface area contributed by atoms with Crippen LogP contribution in [0.4, 0.5) is 4.39 Å². The Balaban J connectivity index is 0.000000300. The molecule has 1 fully saturated rings. The Morgan fingerprint density at radius 3 is 2.18 bits per heavy atom. The highest BCUT2D eigenvalue weighted by Crippen LogP contribution is 2.27. The number of nitrogens with one attached hydrogen (secondary N) is 1. The summed E-state index contributed by atoms with van der Waals surface area (Å²) in [6.07, 6.45) is 2.20. The second-order valence-corrected chi connectivity index (χ2v) is 6.13. The van der Waals surface area contributed by atoms with E-state index in [1.54, 1.807) is 12.1 Å². The van der Waals surface area contributed by atoms with Gasteiger partial charge in [0.15, 0.2) is 0 Å². The van der Waals surface area contributed by atoms with Gasteiger partial charge in [-0.15, -0.1) is 0 Å². The first-order valence-corrected chi connectivity index (χ1v) is 8.77. The van der Waals surface area contributed by atoms with Gasteiger partial charge in [-0.1, -0.05) is 30.3 Å². The molecule has 0 unspecified atom stereocenters. The number of aliphatic carboxylic acids is 2. The van der Waals surface area contributed by atoms with Crippen molar-refractivity contribution in [3.8, 4) is 5.75 Å². The molecule has 1 aliphatic rings. The maximum Gasteiger partial charge on any atom is 0.328 e. The Labute approximate surface area is 162 Å². The smallest absolute Gasteiger partial charge is 0.328 e. The minimum absolute atomic E-state index is 0.129. The van der Waals surface area contributed by atoms with Crippen LogP contribution in [0, 0.1) is 5.82 Å². The molecule has 2 atom stereocenters. The Kier molecular flexibility index (Phi) is 8.17. The summed E-state index contributed by atoms with van der Waals surface area (Å²) in [5, 5.41) is 19.0. The van der Waals surface area contributed by atoms with Gasteiger partial charge in [-0.05, 0) is 42.8 Å². The standard InChI is InChI=1S/C17H18FNO.C4H4O4/c18-14-6-8-15(9-7-14)20-17-10-11-19-12-16(17)13-4-2-1-3-5-13;5-3(6)1-2-4(7)8/h1-9,16-17,19H,10-12H2;1-2H,(H,5,6)(H,7,8)/b;2-1+/t16-,17+;/m1./s1. The molecule has 7 heteroatoms. The fourth-order valence-corrected chi connectivity index (χ4v) is 2.84. The summed E-state index contributed by atoms with van der Waals surface area (Å²) >= 11 is 0. The zero-order valence-corrected chi connectivity index (χ0v) is 15.1. The van der Waals surface area contributed by atoms with E-state index in [2.05, 4.69) is 29.6 Å². The lowest BCUT2D eigenvalue weighted by molar-refractivity contribution is -0.134. The molecule has 0 spiro atoms. The second kappa shape index (κ2) is 10.8. The largest absolute Gasteiger partial charge is 0.490 e. The first-order valence-electron chi connectivity index (χ1n) is 8.77. The van der Waals surface area contributed by atoms with Crippen LogP contribution in [0.1, 0.15) is 17.9 Å². The first kappa shape index (κ1) is 21.1. The number of piperidine rings is 1. The number of benzene rings is 2. The van der Waals surface area contributed by atoms with Crippen molar-refractivity contribution in [1.29, 1.82) is 0 Å². The average molecular weight is 387 g/mol. The van der Waals surface area contributed by atoms with Crippen LogP contribution < -0.4 is 10.1 Å². The van der Waals surface area contributed by atoms with Crippen molar-refractivity contribution in [2.75, 3.05) is 13.1 Å². The molecule has 3 N–H and O–H groups in total. The molecule has 0 bridgehead atoms. The van der Waals surface area contributed by atoms with E-state index >= 15 is 0 Å². The van der Waals surface area contributed by atoms with E-state index in [4.69, 9.17) is 14.9 Å². The van der Waals surface area contributed by atoms with Crippen molar-refractivity contribution in [3.63, 3.8) is 0 Å². The van der Waals surface area contributed by atoms with Gasteiger partial charge in [-0.2, -0.15) is 0 Å².